The molecule has 1 aliphatic carbocycles. The topological polar surface area (TPSA) is 138 Å². The predicted molar refractivity (Wildman–Crippen MR) is 77.4 cm³/mol. The molecule has 8 N–H and O–H groups in total. The minimum absolute atomic E-state index is 0.0910. The Morgan fingerprint density at radius 2 is 1.10 bits per heavy atom. The van der Waals surface area contributed by atoms with Crippen LogP contribution in [-0.4, -0.2) is 11.6 Å². The smallest absolute Gasteiger partial charge is 0.198 e. The molecule has 6 heteroatoms. The maximum absolute atomic E-state index is 12.6. The third kappa shape index (κ3) is 1.33. The Hall–Kier alpha value is -3.02. The third-order valence-electron chi connectivity index (χ3n) is 3.47. The summed E-state index contributed by atoms with van der Waals surface area (Å²) in [4.78, 5) is 25.1. The lowest BCUT2D eigenvalue weighted by Gasteiger charge is -2.22. The Morgan fingerprint density at radius 1 is 0.600 bits per heavy atom. The lowest BCUT2D eigenvalue weighted by atomic mass is 9.81. The van der Waals surface area contributed by atoms with Gasteiger partial charge in [-0.15, -0.1) is 0 Å². The van der Waals surface area contributed by atoms with Crippen molar-refractivity contribution >= 4 is 34.3 Å². The van der Waals surface area contributed by atoms with Crippen molar-refractivity contribution in [3.05, 3.63) is 46.5 Å². The van der Waals surface area contributed by atoms with Crippen molar-refractivity contribution in [1.82, 2.24) is 0 Å². The molecule has 0 saturated heterocycles. The zero-order valence-electron chi connectivity index (χ0n) is 10.4. The summed E-state index contributed by atoms with van der Waals surface area (Å²) in [6, 6.07) is 5.97. The first kappa shape index (κ1) is 12.0. The Morgan fingerprint density at radius 3 is 1.70 bits per heavy atom. The van der Waals surface area contributed by atoms with Crippen LogP contribution in [0.15, 0.2) is 24.3 Å². The Balaban J connectivity index is 2.43. The number of carbonyl (C=O) groups excluding carboxylic acids is 2. The second kappa shape index (κ2) is 3.74. The second-order valence-corrected chi connectivity index (χ2v) is 4.64. The molecule has 0 aliphatic heterocycles. The molecule has 0 unspecified atom stereocenters. The van der Waals surface area contributed by atoms with Crippen LogP contribution in [0.4, 0.5) is 22.7 Å². The van der Waals surface area contributed by atoms with E-state index in [4.69, 9.17) is 22.9 Å². The molecule has 0 aromatic heterocycles. The van der Waals surface area contributed by atoms with Crippen molar-refractivity contribution in [2.24, 2.45) is 0 Å². The van der Waals surface area contributed by atoms with E-state index < -0.39 is 5.78 Å². The van der Waals surface area contributed by atoms with Crippen LogP contribution in [0.1, 0.15) is 31.8 Å². The van der Waals surface area contributed by atoms with Gasteiger partial charge in [-0.1, -0.05) is 0 Å². The van der Waals surface area contributed by atoms with Gasteiger partial charge < -0.3 is 22.9 Å². The van der Waals surface area contributed by atoms with Crippen LogP contribution in [0.3, 0.4) is 0 Å². The van der Waals surface area contributed by atoms with Gasteiger partial charge in [-0.25, -0.2) is 0 Å². The van der Waals surface area contributed by atoms with Gasteiger partial charge in [0.2, 0.25) is 0 Å². The molecule has 100 valence electrons. The highest BCUT2D eigenvalue weighted by molar-refractivity contribution is 6.33. The molecule has 0 amide bonds. The molecule has 2 aromatic carbocycles. The Labute approximate surface area is 114 Å². The van der Waals surface area contributed by atoms with Crippen LogP contribution < -0.4 is 22.9 Å². The van der Waals surface area contributed by atoms with Crippen molar-refractivity contribution in [2.45, 2.75) is 0 Å². The van der Waals surface area contributed by atoms with Gasteiger partial charge >= 0.3 is 0 Å². The van der Waals surface area contributed by atoms with Crippen molar-refractivity contribution < 1.29 is 9.59 Å². The van der Waals surface area contributed by atoms with Gasteiger partial charge in [-0.2, -0.15) is 0 Å². The molecule has 0 heterocycles. The van der Waals surface area contributed by atoms with Gasteiger partial charge in [0.05, 0.1) is 28.1 Å². The zero-order valence-corrected chi connectivity index (χ0v) is 10.4. The summed E-state index contributed by atoms with van der Waals surface area (Å²) in [5, 5.41) is 0. The van der Waals surface area contributed by atoms with E-state index in [0.29, 0.717) is 0 Å². The van der Waals surface area contributed by atoms with E-state index in [-0.39, 0.29) is 50.8 Å². The van der Waals surface area contributed by atoms with Crippen LogP contribution in [0.25, 0.3) is 0 Å². The first-order valence-corrected chi connectivity index (χ1v) is 5.88. The Kier molecular flexibility index (Phi) is 2.25. The van der Waals surface area contributed by atoms with Gasteiger partial charge in [-0.3, -0.25) is 9.59 Å². The van der Waals surface area contributed by atoms with E-state index in [1.54, 1.807) is 0 Å². The van der Waals surface area contributed by atoms with Crippen molar-refractivity contribution in [3.8, 4) is 0 Å². The SMILES string of the molecule is Nc1ccc2c(c1N)C(=O)c1c(N)ccc(N)c1C2=O. The number of hydrogen-bond donors (Lipinski definition) is 4. The van der Waals surface area contributed by atoms with Crippen LogP contribution in [0.5, 0.6) is 0 Å². The first-order chi connectivity index (χ1) is 9.43. The molecule has 0 atom stereocenters. The number of rotatable bonds is 0. The number of nitrogen functional groups attached to an aromatic ring is 4. The van der Waals surface area contributed by atoms with Gasteiger partial charge in [0.25, 0.3) is 0 Å². The van der Waals surface area contributed by atoms with E-state index in [0.717, 1.165) is 0 Å². The molecule has 20 heavy (non-hydrogen) atoms. The molecule has 0 radical (unpaired) electrons. The summed E-state index contributed by atoms with van der Waals surface area (Å²) >= 11 is 0. The lowest BCUT2D eigenvalue weighted by molar-refractivity contribution is 0.0981. The standard InChI is InChI=1S/C14H12N4O2/c15-6-3-4-7(16)11-10(6)13(19)5-1-2-8(17)12(18)9(5)14(11)20/h1-4H,15-18H2. The van der Waals surface area contributed by atoms with E-state index in [1.807, 2.05) is 0 Å². The second-order valence-electron chi connectivity index (χ2n) is 4.64. The molecule has 0 saturated carbocycles. The monoisotopic (exact) mass is 268 g/mol. The number of anilines is 4. The molecule has 0 fully saturated rings. The quantitative estimate of drug-likeness (QED) is 0.444. The molecule has 1 aliphatic rings. The highest BCUT2D eigenvalue weighted by Gasteiger charge is 2.34. The van der Waals surface area contributed by atoms with Crippen LogP contribution >= 0.6 is 0 Å². The zero-order chi connectivity index (χ0) is 14.6. The fourth-order valence-electron chi connectivity index (χ4n) is 2.45. The molecular weight excluding hydrogens is 256 g/mol. The molecule has 0 bridgehead atoms. The van der Waals surface area contributed by atoms with Gasteiger partial charge in [0.15, 0.2) is 11.6 Å². The summed E-state index contributed by atoms with van der Waals surface area (Å²) < 4.78 is 0. The van der Waals surface area contributed by atoms with E-state index in [1.165, 1.54) is 24.3 Å². The first-order valence-electron chi connectivity index (χ1n) is 5.88. The maximum atomic E-state index is 12.6. The minimum Gasteiger partial charge on any atom is -0.398 e. The van der Waals surface area contributed by atoms with Crippen LogP contribution in [0, 0.1) is 0 Å². The number of carbonyl (C=O) groups is 2. The van der Waals surface area contributed by atoms with E-state index >= 15 is 0 Å². The molecular formula is C14H12N4O2. The van der Waals surface area contributed by atoms with E-state index in [9.17, 15) is 9.59 Å². The van der Waals surface area contributed by atoms with Gasteiger partial charge in [-0.05, 0) is 24.3 Å². The molecule has 0 spiro atoms. The normalized spacial score (nSPS) is 13.0. The number of fused-ring (bicyclic) bond motifs is 2. The maximum Gasteiger partial charge on any atom is 0.198 e. The number of hydrogen-bond acceptors (Lipinski definition) is 6. The molecule has 2 aromatic rings. The molecule has 6 nitrogen and oxygen atoms in total. The highest BCUT2D eigenvalue weighted by Crippen LogP contribution is 2.37. The number of ketones is 2. The summed E-state index contributed by atoms with van der Waals surface area (Å²) in [5.41, 5.74) is 24.4. The van der Waals surface area contributed by atoms with Crippen molar-refractivity contribution in [3.63, 3.8) is 0 Å². The third-order valence-corrected chi connectivity index (χ3v) is 3.47. The lowest BCUT2D eigenvalue weighted by Crippen LogP contribution is -2.25. The van der Waals surface area contributed by atoms with Crippen LogP contribution in [0.2, 0.25) is 0 Å². The van der Waals surface area contributed by atoms with Crippen molar-refractivity contribution in [2.75, 3.05) is 22.9 Å². The van der Waals surface area contributed by atoms with Gasteiger partial charge in [0.1, 0.15) is 0 Å². The van der Waals surface area contributed by atoms with E-state index in [2.05, 4.69) is 0 Å². The van der Waals surface area contributed by atoms with Gasteiger partial charge in [0, 0.05) is 16.9 Å². The average Bonchev–Trinajstić information content (AvgIpc) is 2.41. The highest BCUT2D eigenvalue weighted by atomic mass is 16.1. The summed E-state index contributed by atoms with van der Waals surface area (Å²) in [6.07, 6.45) is 0. The van der Waals surface area contributed by atoms with Crippen molar-refractivity contribution in [1.29, 1.82) is 0 Å². The largest absolute Gasteiger partial charge is 0.398 e. The molecule has 3 rings (SSSR count). The minimum atomic E-state index is -0.427. The number of benzene rings is 2. The fourth-order valence-corrected chi connectivity index (χ4v) is 2.45. The predicted octanol–water partition coefficient (Wildman–Crippen LogP) is 0.791. The number of nitrogens with two attached hydrogens (primary N) is 4. The summed E-state index contributed by atoms with van der Waals surface area (Å²) in [5.74, 6) is -0.796. The summed E-state index contributed by atoms with van der Waals surface area (Å²) in [7, 11) is 0. The summed E-state index contributed by atoms with van der Waals surface area (Å²) in [6.45, 7) is 0. The Bertz CT molecular complexity index is 792. The average molecular weight is 268 g/mol. The van der Waals surface area contributed by atoms with Crippen LogP contribution in [-0.2, 0) is 0 Å². The fraction of sp³-hybridized carbons (Fsp3) is 0.